The first-order valence-corrected chi connectivity index (χ1v) is 9.37. The fraction of sp³-hybridized carbons (Fsp3) is 0.200. The van der Waals surface area contributed by atoms with Gasteiger partial charge in [0.2, 0.25) is 0 Å². The lowest BCUT2D eigenvalue weighted by atomic mass is 10.1. The van der Waals surface area contributed by atoms with Gasteiger partial charge >= 0.3 is 0 Å². The maximum Gasteiger partial charge on any atom is 0.285 e. The highest BCUT2D eigenvalue weighted by atomic mass is 32.1. The first-order valence-electron chi connectivity index (χ1n) is 8.49. The van der Waals surface area contributed by atoms with Crippen molar-refractivity contribution in [2.75, 3.05) is 6.54 Å². The summed E-state index contributed by atoms with van der Waals surface area (Å²) < 4.78 is 0. The number of hydrogen-bond acceptors (Lipinski definition) is 5. The number of amides is 1. The Hall–Kier alpha value is -3.06. The summed E-state index contributed by atoms with van der Waals surface area (Å²) in [6.45, 7) is 4.00. The number of hydrogen-bond donors (Lipinski definition) is 1. The molecule has 1 amide bonds. The molecule has 3 aromatic rings. The first kappa shape index (κ1) is 18.7. The lowest BCUT2D eigenvalue weighted by Gasteiger charge is -2.08. The Morgan fingerprint density at radius 2 is 1.93 bits per heavy atom. The van der Waals surface area contributed by atoms with Gasteiger partial charge in [-0.3, -0.25) is 14.9 Å². The predicted molar refractivity (Wildman–Crippen MR) is 106 cm³/mol. The number of rotatable bonds is 6. The Labute approximate surface area is 161 Å². The molecule has 0 bridgehead atoms. The number of aromatic nitrogens is 1. The second-order valence-corrected chi connectivity index (χ2v) is 7.25. The molecule has 0 saturated carbocycles. The summed E-state index contributed by atoms with van der Waals surface area (Å²) in [6, 6.07) is 12.8. The van der Waals surface area contributed by atoms with E-state index in [1.54, 1.807) is 30.4 Å². The second kappa shape index (κ2) is 8.09. The molecule has 3 rings (SSSR count). The number of carbonyl (C=O) groups excluding carboxylic acids is 1. The smallest absolute Gasteiger partial charge is 0.285 e. The van der Waals surface area contributed by atoms with Gasteiger partial charge in [0.1, 0.15) is 5.56 Å². The average Bonchev–Trinajstić information content (AvgIpc) is 3.08. The quantitative estimate of drug-likeness (QED) is 0.509. The van der Waals surface area contributed by atoms with Gasteiger partial charge in [-0.05, 0) is 31.9 Å². The van der Waals surface area contributed by atoms with Crippen LogP contribution in [0, 0.1) is 24.0 Å². The van der Waals surface area contributed by atoms with Crippen LogP contribution in [0.5, 0.6) is 0 Å². The van der Waals surface area contributed by atoms with Gasteiger partial charge in [-0.1, -0.05) is 36.4 Å². The Morgan fingerprint density at radius 1 is 1.19 bits per heavy atom. The molecular formula is C20H19N3O3S. The molecule has 1 N–H and O–H groups in total. The molecule has 0 radical (unpaired) electrons. The molecular weight excluding hydrogens is 362 g/mol. The van der Waals surface area contributed by atoms with Gasteiger partial charge in [0, 0.05) is 23.1 Å². The molecule has 2 aromatic carbocycles. The van der Waals surface area contributed by atoms with Crippen molar-refractivity contribution < 1.29 is 9.72 Å². The lowest BCUT2D eigenvalue weighted by Crippen LogP contribution is -2.26. The lowest BCUT2D eigenvalue weighted by molar-refractivity contribution is -0.385. The number of nitrogens with one attached hydrogen (secondary N) is 1. The Morgan fingerprint density at radius 3 is 2.56 bits per heavy atom. The molecule has 1 aromatic heterocycles. The number of para-hydroxylation sites is 1. The molecule has 1 heterocycles. The maximum atomic E-state index is 12.3. The third-order valence-electron chi connectivity index (χ3n) is 4.23. The highest BCUT2D eigenvalue weighted by molar-refractivity contribution is 7.09. The van der Waals surface area contributed by atoms with Crippen LogP contribution in [0.4, 0.5) is 5.69 Å². The van der Waals surface area contributed by atoms with Gasteiger partial charge in [0.25, 0.3) is 11.6 Å². The van der Waals surface area contributed by atoms with E-state index in [1.807, 2.05) is 36.6 Å². The average molecular weight is 381 g/mol. The number of nitro benzene ring substituents is 1. The fourth-order valence-corrected chi connectivity index (χ4v) is 3.46. The van der Waals surface area contributed by atoms with Crippen LogP contribution in [-0.2, 0) is 6.42 Å². The third-order valence-corrected chi connectivity index (χ3v) is 5.01. The van der Waals surface area contributed by atoms with Crippen LogP contribution in [0.2, 0.25) is 0 Å². The number of carbonyl (C=O) groups is 1. The highest BCUT2D eigenvalue weighted by Gasteiger charge is 2.21. The van der Waals surface area contributed by atoms with E-state index in [-0.39, 0.29) is 11.3 Å². The number of aryl methyl sites for hydroxylation is 2. The van der Waals surface area contributed by atoms with Crippen LogP contribution in [-0.4, -0.2) is 22.4 Å². The zero-order valence-electron chi connectivity index (χ0n) is 15.1. The molecule has 6 nitrogen and oxygen atoms in total. The van der Waals surface area contributed by atoms with Crippen molar-refractivity contribution in [2.45, 2.75) is 20.3 Å². The number of nitrogens with zero attached hydrogens (tertiary/aromatic N) is 2. The minimum Gasteiger partial charge on any atom is -0.351 e. The van der Waals surface area contributed by atoms with Crippen LogP contribution in [0.25, 0.3) is 11.3 Å². The SMILES string of the molecule is Cc1nc(-c2ccc(CCNC(=O)c3cccc(C)c3[N+](=O)[O-])cc2)cs1. The van der Waals surface area contributed by atoms with Gasteiger partial charge in [0.05, 0.1) is 15.6 Å². The molecule has 0 spiro atoms. The first-order chi connectivity index (χ1) is 13.0. The van der Waals surface area contributed by atoms with Crippen molar-refractivity contribution >= 4 is 22.9 Å². The minimum atomic E-state index is -0.511. The summed E-state index contributed by atoms with van der Waals surface area (Å²) in [5.74, 6) is -0.431. The van der Waals surface area contributed by atoms with E-state index in [2.05, 4.69) is 10.3 Å². The van der Waals surface area contributed by atoms with Crippen molar-refractivity contribution in [3.63, 3.8) is 0 Å². The van der Waals surface area contributed by atoms with Crippen molar-refractivity contribution in [1.82, 2.24) is 10.3 Å². The molecule has 0 fully saturated rings. The normalized spacial score (nSPS) is 10.6. The van der Waals surface area contributed by atoms with Crippen LogP contribution < -0.4 is 5.32 Å². The molecule has 0 unspecified atom stereocenters. The number of nitro groups is 1. The molecule has 138 valence electrons. The van der Waals surface area contributed by atoms with E-state index in [0.717, 1.165) is 21.8 Å². The van der Waals surface area contributed by atoms with Crippen LogP contribution in [0.15, 0.2) is 47.8 Å². The second-order valence-electron chi connectivity index (χ2n) is 6.18. The number of benzene rings is 2. The van der Waals surface area contributed by atoms with Crippen LogP contribution in [0.1, 0.15) is 26.5 Å². The predicted octanol–water partition coefficient (Wildman–Crippen LogP) is 4.31. The van der Waals surface area contributed by atoms with Gasteiger partial charge in [-0.2, -0.15) is 0 Å². The summed E-state index contributed by atoms with van der Waals surface area (Å²) in [5.41, 5.74) is 3.52. The van der Waals surface area contributed by atoms with E-state index in [0.29, 0.717) is 18.5 Å². The summed E-state index contributed by atoms with van der Waals surface area (Å²) in [6.07, 6.45) is 0.641. The molecule has 0 aliphatic heterocycles. The fourth-order valence-electron chi connectivity index (χ4n) is 2.84. The van der Waals surface area contributed by atoms with E-state index < -0.39 is 10.8 Å². The molecule has 0 aliphatic rings. The maximum absolute atomic E-state index is 12.3. The van der Waals surface area contributed by atoms with Gasteiger partial charge in [-0.25, -0.2) is 4.98 Å². The summed E-state index contributed by atoms with van der Waals surface area (Å²) in [5, 5.41) is 17.0. The van der Waals surface area contributed by atoms with Crippen molar-refractivity contribution in [3.8, 4) is 11.3 Å². The van der Waals surface area contributed by atoms with Gasteiger partial charge in [0.15, 0.2) is 0 Å². The van der Waals surface area contributed by atoms with Crippen molar-refractivity contribution in [1.29, 1.82) is 0 Å². The van der Waals surface area contributed by atoms with Crippen molar-refractivity contribution in [3.05, 3.63) is 79.7 Å². The molecule has 0 aliphatic carbocycles. The van der Waals surface area contributed by atoms with E-state index >= 15 is 0 Å². The molecule has 27 heavy (non-hydrogen) atoms. The zero-order chi connectivity index (χ0) is 19.4. The van der Waals surface area contributed by atoms with Gasteiger partial charge in [-0.15, -0.1) is 11.3 Å². The van der Waals surface area contributed by atoms with Gasteiger partial charge < -0.3 is 5.32 Å². The van der Waals surface area contributed by atoms with E-state index in [4.69, 9.17) is 0 Å². The van der Waals surface area contributed by atoms with E-state index in [9.17, 15) is 14.9 Å². The van der Waals surface area contributed by atoms with E-state index in [1.165, 1.54) is 6.07 Å². The standard InChI is InChI=1S/C20H19N3O3S/c1-13-4-3-5-17(19(13)23(25)26)20(24)21-11-10-15-6-8-16(9-7-15)18-12-27-14(2)22-18/h3-9,12H,10-11H2,1-2H3,(H,21,24). The topological polar surface area (TPSA) is 85.1 Å². The summed E-state index contributed by atoms with van der Waals surface area (Å²) in [4.78, 5) is 27.5. The molecule has 7 heteroatoms. The third kappa shape index (κ3) is 4.38. The monoisotopic (exact) mass is 381 g/mol. The molecule has 0 saturated heterocycles. The summed E-state index contributed by atoms with van der Waals surface area (Å²) in [7, 11) is 0. The highest BCUT2D eigenvalue weighted by Crippen LogP contribution is 2.23. The van der Waals surface area contributed by atoms with Crippen LogP contribution in [0.3, 0.4) is 0 Å². The van der Waals surface area contributed by atoms with Crippen LogP contribution >= 0.6 is 11.3 Å². The van der Waals surface area contributed by atoms with Crippen molar-refractivity contribution in [2.24, 2.45) is 0 Å². The Kier molecular flexibility index (Phi) is 5.61. The summed E-state index contributed by atoms with van der Waals surface area (Å²) >= 11 is 1.62. The zero-order valence-corrected chi connectivity index (χ0v) is 15.9. The Balaban J connectivity index is 1.61. The minimum absolute atomic E-state index is 0.0919. The number of thiazole rings is 1. The molecule has 0 atom stereocenters. The largest absolute Gasteiger partial charge is 0.351 e. The Bertz CT molecular complexity index is 980.